The summed E-state index contributed by atoms with van der Waals surface area (Å²) in [5.41, 5.74) is 3.07. The van der Waals surface area contributed by atoms with E-state index in [4.69, 9.17) is 4.52 Å². The molecule has 0 radical (unpaired) electrons. The molecule has 11 nitrogen and oxygen atoms in total. The number of anilines is 2. The van der Waals surface area contributed by atoms with Gasteiger partial charge in [0.1, 0.15) is 5.76 Å². The molecule has 0 unspecified atom stereocenters. The number of fused-ring (bicyclic) bond motifs is 1. The summed E-state index contributed by atoms with van der Waals surface area (Å²) in [6.45, 7) is 4.10. The second-order valence-corrected chi connectivity index (χ2v) is 8.61. The van der Waals surface area contributed by atoms with E-state index in [0.29, 0.717) is 54.6 Å². The number of aromatic nitrogens is 3. The number of rotatable bonds is 6. The predicted molar refractivity (Wildman–Crippen MR) is 133 cm³/mol. The zero-order chi connectivity index (χ0) is 25.1. The van der Waals surface area contributed by atoms with Gasteiger partial charge in [-0.25, -0.2) is 4.98 Å². The third kappa shape index (κ3) is 5.26. The van der Waals surface area contributed by atoms with Crippen LogP contribution in [0.2, 0.25) is 0 Å². The number of piperazine rings is 1. The molecule has 3 amide bonds. The van der Waals surface area contributed by atoms with Crippen molar-refractivity contribution >= 4 is 40.3 Å². The molecule has 0 bridgehead atoms. The van der Waals surface area contributed by atoms with E-state index in [1.54, 1.807) is 66.7 Å². The number of hydrogen-bond donors (Lipinski definition) is 3. The smallest absolute Gasteiger partial charge is 0.255 e. The molecule has 2 aromatic heterocycles. The lowest BCUT2D eigenvalue weighted by molar-refractivity contribution is -0.117. The molecule has 4 aromatic rings. The van der Waals surface area contributed by atoms with Crippen LogP contribution < -0.4 is 10.6 Å². The van der Waals surface area contributed by atoms with Gasteiger partial charge in [0.05, 0.1) is 23.9 Å². The van der Waals surface area contributed by atoms with Gasteiger partial charge in [-0.05, 0) is 43.3 Å². The van der Waals surface area contributed by atoms with E-state index in [2.05, 4.69) is 25.8 Å². The van der Waals surface area contributed by atoms with Crippen LogP contribution in [0, 0.1) is 6.92 Å². The molecule has 0 spiro atoms. The largest absolute Gasteiger partial charge is 0.360 e. The van der Waals surface area contributed by atoms with Crippen LogP contribution in [0.5, 0.6) is 0 Å². The summed E-state index contributed by atoms with van der Waals surface area (Å²) >= 11 is 0. The molecule has 1 aliphatic rings. The lowest BCUT2D eigenvalue weighted by atomic mass is 10.1. The van der Waals surface area contributed by atoms with Crippen molar-refractivity contribution in [2.75, 3.05) is 43.4 Å². The van der Waals surface area contributed by atoms with Crippen molar-refractivity contribution in [2.45, 2.75) is 6.92 Å². The van der Waals surface area contributed by atoms with Gasteiger partial charge in [-0.2, -0.15) is 0 Å². The van der Waals surface area contributed by atoms with Crippen molar-refractivity contribution in [1.29, 1.82) is 0 Å². The normalized spacial score (nSPS) is 14.1. The first kappa shape index (κ1) is 23.2. The fourth-order valence-electron chi connectivity index (χ4n) is 4.11. The first-order chi connectivity index (χ1) is 17.4. The van der Waals surface area contributed by atoms with Gasteiger partial charge in [0.2, 0.25) is 5.91 Å². The summed E-state index contributed by atoms with van der Waals surface area (Å²) < 4.78 is 4.95. The number of nitrogens with one attached hydrogen (secondary N) is 3. The Morgan fingerprint density at radius 3 is 2.61 bits per heavy atom. The maximum absolute atomic E-state index is 13.1. The zero-order valence-corrected chi connectivity index (χ0v) is 19.7. The Bertz CT molecular complexity index is 1420. The Balaban J connectivity index is 1.15. The number of nitrogens with zero attached hydrogens (tertiary/aromatic N) is 4. The number of aromatic amines is 1. The average molecular weight is 488 g/mol. The fraction of sp³-hybridized carbons (Fsp3) is 0.240. The Hall–Kier alpha value is -4.51. The van der Waals surface area contributed by atoms with Crippen molar-refractivity contribution < 1.29 is 18.9 Å². The number of carbonyl (C=O) groups excluding carboxylic acids is 3. The van der Waals surface area contributed by atoms with Gasteiger partial charge >= 0.3 is 0 Å². The number of imidazole rings is 1. The molecule has 0 saturated carbocycles. The van der Waals surface area contributed by atoms with Crippen molar-refractivity contribution in [2.24, 2.45) is 0 Å². The second kappa shape index (κ2) is 10.0. The van der Waals surface area contributed by atoms with Crippen LogP contribution in [0.3, 0.4) is 0 Å². The highest BCUT2D eigenvalue weighted by Gasteiger charge is 2.24. The molecule has 11 heteroatoms. The molecule has 1 aliphatic heterocycles. The van der Waals surface area contributed by atoms with Gasteiger partial charge in [-0.15, -0.1) is 0 Å². The SMILES string of the molecule is Cc1cc(NC(=O)CN2CCN(C(=O)c3cccc(NC(=O)c4ccc5nc[nH]c5c4)c3)CC2)no1. The first-order valence-corrected chi connectivity index (χ1v) is 11.5. The first-order valence-electron chi connectivity index (χ1n) is 11.5. The molecule has 36 heavy (non-hydrogen) atoms. The van der Waals surface area contributed by atoms with Crippen molar-refractivity contribution in [3.63, 3.8) is 0 Å². The zero-order valence-electron chi connectivity index (χ0n) is 19.7. The van der Waals surface area contributed by atoms with Gasteiger partial charge in [0.25, 0.3) is 11.8 Å². The summed E-state index contributed by atoms with van der Waals surface area (Å²) in [4.78, 5) is 48.9. The predicted octanol–water partition coefficient (Wildman–Crippen LogP) is 2.51. The lowest BCUT2D eigenvalue weighted by Crippen LogP contribution is -2.50. The molecular formula is C25H25N7O4. The van der Waals surface area contributed by atoms with Crippen molar-refractivity contribution in [1.82, 2.24) is 24.9 Å². The highest BCUT2D eigenvalue weighted by molar-refractivity contribution is 6.06. The van der Waals surface area contributed by atoms with E-state index in [-0.39, 0.29) is 24.3 Å². The molecule has 3 heterocycles. The molecular weight excluding hydrogens is 462 g/mol. The van der Waals surface area contributed by atoms with Gasteiger partial charge in [0.15, 0.2) is 5.82 Å². The minimum absolute atomic E-state index is 0.118. The van der Waals surface area contributed by atoms with Crippen LogP contribution in [0.25, 0.3) is 11.0 Å². The van der Waals surface area contributed by atoms with E-state index in [1.807, 2.05) is 4.90 Å². The molecule has 5 rings (SSSR count). The topological polar surface area (TPSA) is 136 Å². The number of hydrogen-bond acceptors (Lipinski definition) is 7. The standard InChI is InChI=1S/C25H25N7O4/c1-16-11-22(30-36-16)29-23(33)14-31-7-9-32(10-8-31)25(35)18-3-2-4-19(12-18)28-24(34)17-5-6-20-21(13-17)27-15-26-20/h2-6,11-13,15H,7-10,14H2,1H3,(H,26,27)(H,28,34)(H,29,30,33). The third-order valence-electron chi connectivity index (χ3n) is 5.97. The monoisotopic (exact) mass is 487 g/mol. The van der Waals surface area contributed by atoms with Crippen molar-refractivity contribution in [3.05, 3.63) is 71.7 Å². The van der Waals surface area contributed by atoms with E-state index in [1.165, 1.54) is 0 Å². The quantitative estimate of drug-likeness (QED) is 0.380. The summed E-state index contributed by atoms with van der Waals surface area (Å²) in [6, 6.07) is 13.8. The second-order valence-electron chi connectivity index (χ2n) is 8.61. The molecule has 0 aliphatic carbocycles. The fourth-order valence-corrected chi connectivity index (χ4v) is 4.11. The molecule has 1 fully saturated rings. The molecule has 3 N–H and O–H groups in total. The third-order valence-corrected chi connectivity index (χ3v) is 5.97. The minimum atomic E-state index is -0.274. The maximum Gasteiger partial charge on any atom is 0.255 e. The molecule has 1 saturated heterocycles. The summed E-state index contributed by atoms with van der Waals surface area (Å²) in [7, 11) is 0. The lowest BCUT2D eigenvalue weighted by Gasteiger charge is -2.34. The van der Waals surface area contributed by atoms with Gasteiger partial charge in [-0.1, -0.05) is 11.2 Å². The maximum atomic E-state index is 13.1. The van der Waals surface area contributed by atoms with Crippen LogP contribution in [-0.4, -0.2) is 75.4 Å². The average Bonchev–Trinajstić information content (AvgIpc) is 3.52. The Morgan fingerprint density at radius 2 is 1.83 bits per heavy atom. The van der Waals surface area contributed by atoms with E-state index >= 15 is 0 Å². The summed E-state index contributed by atoms with van der Waals surface area (Å²) in [6.07, 6.45) is 1.58. The number of H-pyrrole nitrogens is 1. The molecule has 184 valence electrons. The highest BCUT2D eigenvalue weighted by Crippen LogP contribution is 2.17. The van der Waals surface area contributed by atoms with Crippen molar-refractivity contribution in [3.8, 4) is 0 Å². The van der Waals surface area contributed by atoms with Gasteiger partial charge in [0, 0.05) is 49.1 Å². The Morgan fingerprint density at radius 1 is 1.00 bits per heavy atom. The van der Waals surface area contributed by atoms with Crippen LogP contribution in [0.15, 0.2) is 59.4 Å². The molecule has 2 aromatic carbocycles. The number of benzene rings is 2. The van der Waals surface area contributed by atoms with Gasteiger partial charge < -0.3 is 25.0 Å². The number of amides is 3. The summed E-state index contributed by atoms with van der Waals surface area (Å²) in [5.74, 6) is 0.436. The number of aryl methyl sites for hydroxylation is 1. The van der Waals surface area contributed by atoms with Crippen LogP contribution in [0.1, 0.15) is 26.5 Å². The van der Waals surface area contributed by atoms with Crippen LogP contribution in [-0.2, 0) is 4.79 Å². The van der Waals surface area contributed by atoms with Gasteiger partial charge in [-0.3, -0.25) is 19.3 Å². The molecule has 0 atom stereocenters. The Kier molecular flexibility index (Phi) is 6.46. The van der Waals surface area contributed by atoms with E-state index in [9.17, 15) is 14.4 Å². The summed E-state index contributed by atoms with van der Waals surface area (Å²) in [5, 5.41) is 9.32. The Labute approximate surface area is 206 Å². The van der Waals surface area contributed by atoms with E-state index < -0.39 is 0 Å². The van der Waals surface area contributed by atoms with Crippen LogP contribution in [0.4, 0.5) is 11.5 Å². The highest BCUT2D eigenvalue weighted by atomic mass is 16.5. The number of carbonyl (C=O) groups is 3. The minimum Gasteiger partial charge on any atom is -0.360 e. The van der Waals surface area contributed by atoms with E-state index in [0.717, 1.165) is 11.0 Å². The van der Waals surface area contributed by atoms with Crippen LogP contribution >= 0.6 is 0 Å².